The average Bonchev–Trinajstić information content (AvgIpc) is 2.99. The number of Topliss-reactive ketones (excluding diaryl/α,β-unsaturated/α-hetero) is 1. The van der Waals surface area contributed by atoms with Crippen LogP contribution in [0.5, 0.6) is 0 Å². The number of ether oxygens (including phenoxy) is 1. The molecular formula is C19H19N3O3. The molecule has 0 saturated heterocycles. The summed E-state index contributed by atoms with van der Waals surface area (Å²) >= 11 is 0. The van der Waals surface area contributed by atoms with Gasteiger partial charge in [-0.05, 0) is 12.1 Å². The summed E-state index contributed by atoms with van der Waals surface area (Å²) < 4.78 is 6.66. The van der Waals surface area contributed by atoms with E-state index >= 15 is 0 Å². The lowest BCUT2D eigenvalue weighted by Gasteiger charge is -2.10. The van der Waals surface area contributed by atoms with Crippen LogP contribution in [0.25, 0.3) is 11.0 Å². The largest absolute Gasteiger partial charge is 0.375 e. The Morgan fingerprint density at radius 2 is 1.80 bits per heavy atom. The first-order valence-electron chi connectivity index (χ1n) is 7.97. The molecule has 2 aromatic carbocycles. The molecule has 0 radical (unpaired) electrons. The van der Waals surface area contributed by atoms with E-state index in [9.17, 15) is 9.59 Å². The molecule has 0 unspecified atom stereocenters. The van der Waals surface area contributed by atoms with Crippen molar-refractivity contribution in [2.24, 2.45) is 0 Å². The molecule has 128 valence electrons. The van der Waals surface area contributed by atoms with Crippen molar-refractivity contribution < 1.29 is 14.3 Å². The Bertz CT molecular complexity index is 887. The highest BCUT2D eigenvalue weighted by molar-refractivity contribution is 5.96. The van der Waals surface area contributed by atoms with Crippen molar-refractivity contribution in [3.63, 3.8) is 0 Å². The molecule has 25 heavy (non-hydrogen) atoms. The molecule has 1 N–H and O–H groups in total. The van der Waals surface area contributed by atoms with Crippen LogP contribution in [-0.4, -0.2) is 35.0 Å². The van der Waals surface area contributed by atoms with E-state index < -0.39 is 0 Å². The Morgan fingerprint density at radius 3 is 2.56 bits per heavy atom. The summed E-state index contributed by atoms with van der Waals surface area (Å²) in [6, 6.07) is 16.7. The van der Waals surface area contributed by atoms with Gasteiger partial charge in [-0.3, -0.25) is 9.59 Å². The van der Waals surface area contributed by atoms with E-state index in [4.69, 9.17) is 4.74 Å². The van der Waals surface area contributed by atoms with Gasteiger partial charge in [-0.25, -0.2) is 4.98 Å². The first kappa shape index (κ1) is 16.9. The zero-order valence-corrected chi connectivity index (χ0v) is 13.9. The third-order valence-corrected chi connectivity index (χ3v) is 3.85. The van der Waals surface area contributed by atoms with E-state index in [1.165, 1.54) is 7.11 Å². The maximum atomic E-state index is 12.6. The van der Waals surface area contributed by atoms with Crippen molar-refractivity contribution in [1.29, 1.82) is 0 Å². The van der Waals surface area contributed by atoms with Crippen LogP contribution in [0.4, 0.5) is 0 Å². The van der Waals surface area contributed by atoms with Gasteiger partial charge >= 0.3 is 0 Å². The second kappa shape index (κ2) is 7.72. The second-order valence-electron chi connectivity index (χ2n) is 5.60. The van der Waals surface area contributed by atoms with Crippen LogP contribution in [0, 0.1) is 0 Å². The smallest absolute Gasteiger partial charge is 0.246 e. The fourth-order valence-corrected chi connectivity index (χ4v) is 2.66. The predicted molar refractivity (Wildman–Crippen MR) is 94.2 cm³/mol. The molecule has 0 aliphatic carbocycles. The number of nitrogens with one attached hydrogen (secondary N) is 1. The van der Waals surface area contributed by atoms with Gasteiger partial charge in [0.15, 0.2) is 5.78 Å². The van der Waals surface area contributed by atoms with Crippen molar-refractivity contribution in [3.8, 4) is 0 Å². The quantitative estimate of drug-likeness (QED) is 0.671. The van der Waals surface area contributed by atoms with Crippen LogP contribution in [-0.2, 0) is 22.6 Å². The van der Waals surface area contributed by atoms with Gasteiger partial charge in [0.05, 0.1) is 24.1 Å². The normalized spacial score (nSPS) is 10.8. The molecule has 0 aliphatic heterocycles. The van der Waals surface area contributed by atoms with Crippen LogP contribution in [0.15, 0.2) is 54.6 Å². The molecule has 1 aromatic heterocycles. The Hall–Kier alpha value is -2.99. The molecule has 0 bridgehead atoms. The van der Waals surface area contributed by atoms with Gasteiger partial charge in [0.25, 0.3) is 0 Å². The van der Waals surface area contributed by atoms with Gasteiger partial charge in [-0.2, -0.15) is 0 Å². The van der Waals surface area contributed by atoms with E-state index in [0.717, 1.165) is 11.0 Å². The molecule has 0 atom stereocenters. The number of fused-ring (bicyclic) bond motifs is 1. The molecule has 0 fully saturated rings. The van der Waals surface area contributed by atoms with Gasteiger partial charge in [-0.1, -0.05) is 42.5 Å². The number of ketones is 1. The SMILES string of the molecule is COCC(=O)NCc1nc2ccccc2n1CC(=O)c1ccccc1. The minimum atomic E-state index is -0.226. The third kappa shape index (κ3) is 3.92. The number of nitrogens with zero attached hydrogens (tertiary/aromatic N) is 2. The zero-order valence-electron chi connectivity index (χ0n) is 13.9. The van der Waals surface area contributed by atoms with Crippen LogP contribution in [0.1, 0.15) is 16.2 Å². The summed E-state index contributed by atoms with van der Waals surface area (Å²) in [5, 5.41) is 2.76. The summed E-state index contributed by atoms with van der Waals surface area (Å²) in [7, 11) is 1.47. The standard InChI is InChI=1S/C19H19N3O3/c1-25-13-19(24)20-11-18-21-15-9-5-6-10-16(15)22(18)12-17(23)14-7-3-2-4-8-14/h2-10H,11-13H2,1H3,(H,20,24). The molecule has 3 aromatic rings. The number of aromatic nitrogens is 2. The van der Waals surface area contributed by atoms with E-state index in [1.54, 1.807) is 12.1 Å². The lowest BCUT2D eigenvalue weighted by Crippen LogP contribution is -2.28. The molecule has 6 heteroatoms. The van der Waals surface area contributed by atoms with Crippen molar-refractivity contribution in [3.05, 3.63) is 66.0 Å². The summed E-state index contributed by atoms with van der Waals surface area (Å²) in [5.74, 6) is 0.402. The first-order valence-corrected chi connectivity index (χ1v) is 7.97. The fourth-order valence-electron chi connectivity index (χ4n) is 2.66. The van der Waals surface area contributed by atoms with E-state index in [2.05, 4.69) is 10.3 Å². The van der Waals surface area contributed by atoms with Crippen LogP contribution in [0.2, 0.25) is 0 Å². The van der Waals surface area contributed by atoms with Crippen LogP contribution < -0.4 is 5.32 Å². The number of benzene rings is 2. The van der Waals surface area contributed by atoms with Crippen LogP contribution >= 0.6 is 0 Å². The average molecular weight is 337 g/mol. The first-order chi connectivity index (χ1) is 12.2. The zero-order chi connectivity index (χ0) is 17.6. The number of carbonyl (C=O) groups excluding carboxylic acids is 2. The van der Waals surface area contributed by atoms with E-state index in [0.29, 0.717) is 11.4 Å². The Labute approximate surface area is 145 Å². The van der Waals surface area contributed by atoms with Gasteiger partial charge in [0.1, 0.15) is 12.4 Å². The second-order valence-corrected chi connectivity index (χ2v) is 5.60. The maximum absolute atomic E-state index is 12.6. The number of rotatable bonds is 7. The molecule has 0 saturated carbocycles. The van der Waals surface area contributed by atoms with Crippen molar-refractivity contribution in [2.45, 2.75) is 13.1 Å². The summed E-state index contributed by atoms with van der Waals surface area (Å²) in [6.45, 7) is 0.391. The lowest BCUT2D eigenvalue weighted by atomic mass is 10.1. The van der Waals surface area contributed by atoms with E-state index in [1.807, 2.05) is 47.0 Å². The number of carbonyl (C=O) groups is 2. The van der Waals surface area contributed by atoms with Gasteiger partial charge in [-0.15, -0.1) is 0 Å². The van der Waals surface area contributed by atoms with Crippen LogP contribution in [0.3, 0.4) is 0 Å². The summed E-state index contributed by atoms with van der Waals surface area (Å²) in [4.78, 5) is 28.8. The van der Waals surface area contributed by atoms with Gasteiger partial charge in [0.2, 0.25) is 5.91 Å². The number of methoxy groups -OCH3 is 1. The molecule has 3 rings (SSSR count). The minimum Gasteiger partial charge on any atom is -0.375 e. The molecule has 1 heterocycles. The monoisotopic (exact) mass is 337 g/mol. The summed E-state index contributed by atoms with van der Waals surface area (Å²) in [5.41, 5.74) is 2.30. The van der Waals surface area contributed by atoms with Crippen molar-refractivity contribution in [2.75, 3.05) is 13.7 Å². The highest BCUT2D eigenvalue weighted by Crippen LogP contribution is 2.17. The number of hydrogen-bond donors (Lipinski definition) is 1. The topological polar surface area (TPSA) is 73.2 Å². The van der Waals surface area contributed by atoms with Crippen molar-refractivity contribution >= 4 is 22.7 Å². The van der Waals surface area contributed by atoms with Crippen molar-refractivity contribution in [1.82, 2.24) is 14.9 Å². The molecule has 0 spiro atoms. The molecule has 0 aliphatic rings. The van der Waals surface area contributed by atoms with E-state index in [-0.39, 0.29) is 31.4 Å². The van der Waals surface area contributed by atoms with Gasteiger partial charge < -0.3 is 14.6 Å². The number of amides is 1. The highest BCUT2D eigenvalue weighted by atomic mass is 16.5. The maximum Gasteiger partial charge on any atom is 0.246 e. The highest BCUT2D eigenvalue weighted by Gasteiger charge is 2.15. The molecular weight excluding hydrogens is 318 g/mol. The lowest BCUT2D eigenvalue weighted by molar-refractivity contribution is -0.124. The fraction of sp³-hybridized carbons (Fsp3) is 0.211. The molecule has 1 amide bonds. The summed E-state index contributed by atoms with van der Waals surface area (Å²) in [6.07, 6.45) is 0. The predicted octanol–water partition coefficient (Wildman–Crippen LogP) is 2.18. The Balaban J connectivity index is 1.88. The molecule has 6 nitrogen and oxygen atoms in total. The third-order valence-electron chi connectivity index (χ3n) is 3.85. The number of imidazole rings is 1. The number of para-hydroxylation sites is 2. The number of hydrogen-bond acceptors (Lipinski definition) is 4. The Kier molecular flexibility index (Phi) is 5.20. The Morgan fingerprint density at radius 1 is 1.08 bits per heavy atom. The van der Waals surface area contributed by atoms with Gasteiger partial charge in [0, 0.05) is 12.7 Å². The minimum absolute atomic E-state index is 0.00628.